The summed E-state index contributed by atoms with van der Waals surface area (Å²) in [7, 11) is 3.23. The van der Waals surface area contributed by atoms with Gasteiger partial charge in [-0.05, 0) is 24.3 Å². The average molecular weight is 264 g/mol. The van der Waals surface area contributed by atoms with Crippen LogP contribution in [0, 0.1) is 0 Å². The predicted molar refractivity (Wildman–Crippen MR) is 74.4 cm³/mol. The molecule has 0 aliphatic heterocycles. The molecule has 18 heavy (non-hydrogen) atoms. The van der Waals surface area contributed by atoms with E-state index in [1.54, 1.807) is 20.3 Å². The highest BCUT2D eigenvalue weighted by Gasteiger charge is 2.10. The zero-order valence-electron chi connectivity index (χ0n) is 10.2. The maximum absolute atomic E-state index is 6.20. The van der Waals surface area contributed by atoms with E-state index in [0.717, 1.165) is 16.9 Å². The van der Waals surface area contributed by atoms with Gasteiger partial charge in [0.2, 0.25) is 0 Å². The van der Waals surface area contributed by atoms with Crippen LogP contribution in [0.5, 0.6) is 11.5 Å². The third-order valence-electron chi connectivity index (χ3n) is 2.69. The summed E-state index contributed by atoms with van der Waals surface area (Å²) in [6, 6.07) is 11.0. The van der Waals surface area contributed by atoms with Crippen LogP contribution in [0.25, 0.3) is 11.1 Å². The van der Waals surface area contributed by atoms with Crippen molar-refractivity contribution in [2.45, 2.75) is 0 Å². The fraction of sp³-hybridized carbons (Fsp3) is 0.143. The van der Waals surface area contributed by atoms with Crippen molar-refractivity contribution in [3.63, 3.8) is 0 Å². The summed E-state index contributed by atoms with van der Waals surface area (Å²) in [5.74, 6) is 1.45. The Morgan fingerprint density at radius 2 is 1.67 bits per heavy atom. The molecule has 0 aliphatic rings. The van der Waals surface area contributed by atoms with Crippen LogP contribution < -0.4 is 15.2 Å². The van der Waals surface area contributed by atoms with Crippen molar-refractivity contribution in [1.82, 2.24) is 0 Å². The highest BCUT2D eigenvalue weighted by Crippen LogP contribution is 2.37. The monoisotopic (exact) mass is 263 g/mol. The zero-order chi connectivity index (χ0) is 13.1. The summed E-state index contributed by atoms with van der Waals surface area (Å²) in [5.41, 5.74) is 8.11. The molecule has 0 radical (unpaired) electrons. The molecular weight excluding hydrogens is 250 g/mol. The van der Waals surface area contributed by atoms with Gasteiger partial charge in [-0.3, -0.25) is 0 Å². The first-order valence-electron chi connectivity index (χ1n) is 5.43. The Kier molecular flexibility index (Phi) is 3.63. The van der Waals surface area contributed by atoms with Gasteiger partial charge in [0.1, 0.15) is 11.5 Å². The molecule has 3 nitrogen and oxygen atoms in total. The van der Waals surface area contributed by atoms with Crippen LogP contribution in [0.2, 0.25) is 5.02 Å². The zero-order valence-corrected chi connectivity index (χ0v) is 11.0. The van der Waals surface area contributed by atoms with Crippen molar-refractivity contribution in [3.8, 4) is 22.6 Å². The molecule has 0 atom stereocenters. The fourth-order valence-corrected chi connectivity index (χ4v) is 2.06. The van der Waals surface area contributed by atoms with Crippen molar-refractivity contribution in [2.75, 3.05) is 20.0 Å². The maximum atomic E-state index is 6.20. The fourth-order valence-electron chi connectivity index (χ4n) is 1.77. The summed E-state index contributed by atoms with van der Waals surface area (Å²) >= 11 is 6.20. The van der Waals surface area contributed by atoms with E-state index in [2.05, 4.69) is 0 Å². The van der Waals surface area contributed by atoms with E-state index >= 15 is 0 Å². The smallest absolute Gasteiger partial charge is 0.130 e. The standard InChI is InChI=1S/C14H14ClNO2/c1-17-10-4-6-12(14(8-10)18-2)11-5-3-9(16)7-13(11)15/h3-8H,16H2,1-2H3. The first-order chi connectivity index (χ1) is 8.65. The molecule has 0 amide bonds. The Balaban J connectivity index is 2.56. The number of nitrogen functional groups attached to an aromatic ring is 1. The van der Waals surface area contributed by atoms with Crippen molar-refractivity contribution in [2.24, 2.45) is 0 Å². The van der Waals surface area contributed by atoms with Crippen molar-refractivity contribution < 1.29 is 9.47 Å². The van der Waals surface area contributed by atoms with Gasteiger partial charge in [0.25, 0.3) is 0 Å². The first-order valence-corrected chi connectivity index (χ1v) is 5.81. The maximum Gasteiger partial charge on any atom is 0.130 e. The molecule has 4 heteroatoms. The van der Waals surface area contributed by atoms with E-state index in [1.165, 1.54) is 0 Å². The van der Waals surface area contributed by atoms with E-state index in [1.807, 2.05) is 30.3 Å². The molecule has 0 fully saturated rings. The summed E-state index contributed by atoms with van der Waals surface area (Å²) in [6.07, 6.45) is 0. The number of ether oxygens (including phenoxy) is 2. The summed E-state index contributed by atoms with van der Waals surface area (Å²) in [4.78, 5) is 0. The van der Waals surface area contributed by atoms with Gasteiger partial charge < -0.3 is 15.2 Å². The van der Waals surface area contributed by atoms with Crippen LogP contribution in [0.15, 0.2) is 36.4 Å². The minimum Gasteiger partial charge on any atom is -0.497 e. The summed E-state index contributed by atoms with van der Waals surface area (Å²) < 4.78 is 10.5. The second-order valence-corrected chi connectivity index (χ2v) is 4.21. The van der Waals surface area contributed by atoms with Gasteiger partial charge in [-0.2, -0.15) is 0 Å². The number of methoxy groups -OCH3 is 2. The van der Waals surface area contributed by atoms with Gasteiger partial charge in [0.15, 0.2) is 0 Å². The first kappa shape index (κ1) is 12.6. The topological polar surface area (TPSA) is 44.5 Å². The van der Waals surface area contributed by atoms with Crippen molar-refractivity contribution >= 4 is 17.3 Å². The highest BCUT2D eigenvalue weighted by molar-refractivity contribution is 6.33. The van der Waals surface area contributed by atoms with Gasteiger partial charge in [-0.15, -0.1) is 0 Å². The largest absolute Gasteiger partial charge is 0.497 e. The number of hydrogen-bond acceptors (Lipinski definition) is 3. The number of nitrogens with two attached hydrogens (primary N) is 1. The quantitative estimate of drug-likeness (QED) is 0.861. The summed E-state index contributed by atoms with van der Waals surface area (Å²) in [5, 5.41) is 0.596. The highest BCUT2D eigenvalue weighted by atomic mass is 35.5. The lowest BCUT2D eigenvalue weighted by atomic mass is 10.0. The Morgan fingerprint density at radius 1 is 0.944 bits per heavy atom. The normalized spacial score (nSPS) is 10.2. The van der Waals surface area contributed by atoms with Gasteiger partial charge >= 0.3 is 0 Å². The minimum absolute atomic E-state index is 0.596. The Bertz CT molecular complexity index is 570. The molecule has 2 aromatic carbocycles. The number of benzene rings is 2. The lowest BCUT2D eigenvalue weighted by molar-refractivity contribution is 0.395. The van der Waals surface area contributed by atoms with Gasteiger partial charge in [0.05, 0.1) is 19.2 Å². The molecule has 0 aromatic heterocycles. The molecule has 0 bridgehead atoms. The van der Waals surface area contributed by atoms with E-state index in [-0.39, 0.29) is 0 Å². The molecule has 0 unspecified atom stereocenters. The minimum atomic E-state index is 0.596. The Labute approximate surface area is 111 Å². The van der Waals surface area contributed by atoms with E-state index < -0.39 is 0 Å². The van der Waals surface area contributed by atoms with E-state index in [0.29, 0.717) is 16.5 Å². The Hall–Kier alpha value is -1.87. The molecule has 0 spiro atoms. The number of halogens is 1. The second-order valence-electron chi connectivity index (χ2n) is 3.81. The summed E-state index contributed by atoms with van der Waals surface area (Å²) in [6.45, 7) is 0. The lowest BCUT2D eigenvalue weighted by Gasteiger charge is -2.12. The third-order valence-corrected chi connectivity index (χ3v) is 3.00. The average Bonchev–Trinajstić information content (AvgIpc) is 2.38. The molecule has 94 valence electrons. The van der Waals surface area contributed by atoms with Crippen molar-refractivity contribution in [3.05, 3.63) is 41.4 Å². The third kappa shape index (κ3) is 2.36. The van der Waals surface area contributed by atoms with Crippen LogP contribution in [0.1, 0.15) is 0 Å². The lowest BCUT2D eigenvalue weighted by Crippen LogP contribution is -1.92. The van der Waals surface area contributed by atoms with E-state index in [9.17, 15) is 0 Å². The second kappa shape index (κ2) is 5.19. The van der Waals surface area contributed by atoms with Gasteiger partial charge in [0, 0.05) is 22.9 Å². The van der Waals surface area contributed by atoms with E-state index in [4.69, 9.17) is 26.8 Å². The van der Waals surface area contributed by atoms with Gasteiger partial charge in [-0.1, -0.05) is 17.7 Å². The molecule has 2 N–H and O–H groups in total. The van der Waals surface area contributed by atoms with Crippen LogP contribution in [0.3, 0.4) is 0 Å². The molecule has 0 saturated heterocycles. The molecule has 0 heterocycles. The molecule has 2 rings (SSSR count). The van der Waals surface area contributed by atoms with Crippen LogP contribution in [-0.4, -0.2) is 14.2 Å². The SMILES string of the molecule is COc1ccc(-c2ccc(N)cc2Cl)c(OC)c1. The van der Waals surface area contributed by atoms with Gasteiger partial charge in [-0.25, -0.2) is 0 Å². The molecule has 0 saturated carbocycles. The molecule has 2 aromatic rings. The number of hydrogen-bond donors (Lipinski definition) is 1. The predicted octanol–water partition coefficient (Wildman–Crippen LogP) is 3.61. The van der Waals surface area contributed by atoms with Crippen LogP contribution in [0.4, 0.5) is 5.69 Å². The van der Waals surface area contributed by atoms with Crippen molar-refractivity contribution in [1.29, 1.82) is 0 Å². The van der Waals surface area contributed by atoms with Crippen LogP contribution >= 0.6 is 11.6 Å². The molecular formula is C14H14ClNO2. The number of rotatable bonds is 3. The van der Waals surface area contributed by atoms with Crippen LogP contribution in [-0.2, 0) is 0 Å². The Morgan fingerprint density at radius 3 is 2.28 bits per heavy atom. The molecule has 0 aliphatic carbocycles. The number of anilines is 1.